The molecular weight excluding hydrogens is 441 g/mol. The van der Waals surface area contributed by atoms with Gasteiger partial charge in [-0.25, -0.2) is 0 Å². The largest absolute Gasteiger partial charge is 0.129 e. The molecule has 0 aliphatic rings. The summed E-state index contributed by atoms with van der Waals surface area (Å²) in [6, 6.07) is 24.3. The summed E-state index contributed by atoms with van der Waals surface area (Å²) in [6.45, 7) is 13.5. The van der Waals surface area contributed by atoms with E-state index in [0.717, 1.165) is 33.4 Å². The van der Waals surface area contributed by atoms with E-state index in [-0.39, 0.29) is 0 Å². The Balaban J connectivity index is 1.81. The first kappa shape index (κ1) is 25.0. The van der Waals surface area contributed by atoms with Crippen LogP contribution in [-0.2, 0) is 0 Å². The first-order valence-electron chi connectivity index (χ1n) is 11.5. The van der Waals surface area contributed by atoms with Gasteiger partial charge < -0.3 is 0 Å². The van der Waals surface area contributed by atoms with E-state index >= 15 is 0 Å². The maximum atomic E-state index is 3.43. The molecule has 0 amide bonds. The lowest BCUT2D eigenvalue weighted by molar-refractivity contribution is 1.56. The second-order valence-electron chi connectivity index (χ2n) is 10.2. The number of hydrogen-bond acceptors (Lipinski definition) is 0. The van der Waals surface area contributed by atoms with Crippen LogP contribution in [0.25, 0.3) is 0 Å². The van der Waals surface area contributed by atoms with E-state index in [4.69, 9.17) is 0 Å². The molecule has 0 bridgehead atoms. The molecule has 0 heterocycles. The van der Waals surface area contributed by atoms with Gasteiger partial charge in [0.25, 0.3) is 0 Å². The van der Waals surface area contributed by atoms with E-state index in [1.54, 1.807) is 0 Å². The Kier molecular flexibility index (Phi) is 8.05. The average molecular weight is 471 g/mol. The highest BCUT2D eigenvalue weighted by atomic mass is 28.3. The van der Waals surface area contributed by atoms with Gasteiger partial charge in [-0.1, -0.05) is 99.1 Å². The van der Waals surface area contributed by atoms with Crippen LogP contribution in [0.3, 0.4) is 0 Å². The van der Waals surface area contributed by atoms with Gasteiger partial charge in [0.15, 0.2) is 0 Å². The van der Waals surface area contributed by atoms with Gasteiger partial charge in [-0.2, -0.15) is 0 Å². The van der Waals surface area contributed by atoms with Gasteiger partial charge in [-0.15, -0.1) is 11.1 Å². The third-order valence-corrected chi connectivity index (χ3v) is 6.32. The third kappa shape index (κ3) is 8.36. The van der Waals surface area contributed by atoms with Crippen molar-refractivity contribution in [1.82, 2.24) is 0 Å². The fraction of sp³-hybridized carbons (Fsp3) is 0.188. The third-order valence-electron chi connectivity index (χ3n) is 4.57. The van der Waals surface area contributed by atoms with Crippen molar-refractivity contribution in [3.63, 3.8) is 0 Å². The molecule has 0 aliphatic heterocycles. The predicted octanol–water partition coefficient (Wildman–Crippen LogP) is 6.94. The summed E-state index contributed by atoms with van der Waals surface area (Å²) in [5.41, 5.74) is 12.7. The minimum atomic E-state index is -1.43. The molecule has 0 saturated heterocycles. The molecule has 166 valence electrons. The maximum absolute atomic E-state index is 3.43. The van der Waals surface area contributed by atoms with Crippen LogP contribution < -0.4 is 0 Å². The SMILES string of the molecule is C[Si](C)(C)C#Cc1ccccc1C#Cc1ccc(C#Cc2ccccc2C#C[Si](C)(C)C)cc1. The van der Waals surface area contributed by atoms with Crippen molar-refractivity contribution in [2.45, 2.75) is 39.3 Å². The van der Waals surface area contributed by atoms with Gasteiger partial charge in [-0.3, -0.25) is 0 Å². The molecular formula is C32H30Si2. The molecule has 0 N–H and O–H groups in total. The number of hydrogen-bond donors (Lipinski definition) is 0. The molecule has 0 aromatic heterocycles. The Morgan fingerprint density at radius 3 is 0.971 bits per heavy atom. The lowest BCUT2D eigenvalue weighted by Crippen LogP contribution is -2.16. The van der Waals surface area contributed by atoms with Crippen molar-refractivity contribution >= 4 is 16.1 Å². The summed E-state index contributed by atoms with van der Waals surface area (Å²) in [5.74, 6) is 19.8. The lowest BCUT2D eigenvalue weighted by atomic mass is 10.1. The molecule has 34 heavy (non-hydrogen) atoms. The van der Waals surface area contributed by atoms with E-state index in [1.807, 2.05) is 72.8 Å². The molecule has 3 rings (SSSR count). The van der Waals surface area contributed by atoms with Gasteiger partial charge in [0.05, 0.1) is 0 Å². The molecule has 0 fully saturated rings. The smallest absolute Gasteiger partial charge is 0.127 e. The maximum Gasteiger partial charge on any atom is 0.129 e. The van der Waals surface area contributed by atoms with Crippen molar-refractivity contribution in [2.24, 2.45) is 0 Å². The highest BCUT2D eigenvalue weighted by Crippen LogP contribution is 2.10. The summed E-state index contributed by atoms with van der Waals surface area (Å²) < 4.78 is 0. The molecule has 3 aromatic carbocycles. The van der Waals surface area contributed by atoms with Crippen LogP contribution >= 0.6 is 0 Å². The Bertz CT molecular complexity index is 1300. The van der Waals surface area contributed by atoms with Crippen LogP contribution in [0.5, 0.6) is 0 Å². The molecule has 0 nitrogen and oxygen atoms in total. The summed E-state index contributed by atoms with van der Waals surface area (Å²) in [4.78, 5) is 0. The van der Waals surface area contributed by atoms with Crippen LogP contribution in [-0.4, -0.2) is 16.1 Å². The second-order valence-corrected chi connectivity index (χ2v) is 19.7. The molecule has 3 aromatic rings. The van der Waals surface area contributed by atoms with E-state index in [2.05, 4.69) is 85.9 Å². The molecule has 0 saturated carbocycles. The van der Waals surface area contributed by atoms with Gasteiger partial charge in [0, 0.05) is 33.4 Å². The predicted molar refractivity (Wildman–Crippen MR) is 152 cm³/mol. The van der Waals surface area contributed by atoms with Gasteiger partial charge in [0.2, 0.25) is 0 Å². The Morgan fingerprint density at radius 1 is 0.382 bits per heavy atom. The zero-order valence-corrected chi connectivity index (χ0v) is 22.9. The molecule has 0 spiro atoms. The van der Waals surface area contributed by atoms with Crippen LogP contribution in [0.1, 0.15) is 33.4 Å². The van der Waals surface area contributed by atoms with Crippen LogP contribution in [0, 0.1) is 46.6 Å². The van der Waals surface area contributed by atoms with Gasteiger partial charge in [0.1, 0.15) is 16.1 Å². The quantitative estimate of drug-likeness (QED) is 0.246. The number of rotatable bonds is 0. The van der Waals surface area contributed by atoms with Gasteiger partial charge in [-0.05, 0) is 48.5 Å². The summed E-state index contributed by atoms with van der Waals surface area (Å²) >= 11 is 0. The van der Waals surface area contributed by atoms with Crippen molar-refractivity contribution in [2.75, 3.05) is 0 Å². The average Bonchev–Trinajstić information content (AvgIpc) is 2.79. The number of benzene rings is 3. The Hall–Kier alpha value is -3.67. The summed E-state index contributed by atoms with van der Waals surface area (Å²) in [6.07, 6.45) is 0. The van der Waals surface area contributed by atoms with Crippen LogP contribution in [0.4, 0.5) is 0 Å². The van der Waals surface area contributed by atoms with E-state index in [1.165, 1.54) is 0 Å². The first-order chi connectivity index (χ1) is 16.1. The molecule has 2 heteroatoms. The molecule has 0 unspecified atom stereocenters. The highest BCUT2D eigenvalue weighted by molar-refractivity contribution is 6.84. The van der Waals surface area contributed by atoms with Crippen molar-refractivity contribution in [3.05, 3.63) is 106 Å². The minimum Gasteiger partial charge on any atom is -0.127 e. The molecule has 0 aliphatic carbocycles. The lowest BCUT2D eigenvalue weighted by Gasteiger charge is -2.04. The Morgan fingerprint density at radius 2 is 0.676 bits per heavy atom. The van der Waals surface area contributed by atoms with Crippen LogP contribution in [0.2, 0.25) is 39.3 Å². The van der Waals surface area contributed by atoms with Crippen molar-refractivity contribution < 1.29 is 0 Å². The molecule has 0 atom stereocenters. The van der Waals surface area contributed by atoms with Gasteiger partial charge >= 0.3 is 0 Å². The first-order valence-corrected chi connectivity index (χ1v) is 18.5. The topological polar surface area (TPSA) is 0 Å². The zero-order valence-electron chi connectivity index (χ0n) is 20.9. The zero-order chi connectivity index (χ0) is 24.6. The fourth-order valence-corrected chi connectivity index (χ4v) is 3.85. The van der Waals surface area contributed by atoms with E-state index in [0.29, 0.717) is 0 Å². The molecule has 0 radical (unpaired) electrons. The van der Waals surface area contributed by atoms with Crippen molar-refractivity contribution in [3.8, 4) is 46.6 Å². The van der Waals surface area contributed by atoms with E-state index < -0.39 is 16.1 Å². The van der Waals surface area contributed by atoms with Crippen molar-refractivity contribution in [1.29, 1.82) is 0 Å². The monoisotopic (exact) mass is 470 g/mol. The summed E-state index contributed by atoms with van der Waals surface area (Å²) in [7, 11) is -2.87. The standard InChI is InChI=1S/C32H30Si2/c1-33(2,3)25-23-31-13-9-7-11-29(31)21-19-27-15-17-28(18-16-27)20-22-30-12-8-10-14-32(30)24-26-34(4,5)6/h7-18H,1-6H3. The Labute approximate surface area is 207 Å². The fourth-order valence-electron chi connectivity index (χ4n) is 2.83. The minimum absolute atomic E-state index is 0.958. The van der Waals surface area contributed by atoms with E-state index in [9.17, 15) is 0 Å². The normalized spacial score (nSPS) is 10.3. The summed E-state index contributed by atoms with van der Waals surface area (Å²) in [5, 5.41) is 0. The second kappa shape index (κ2) is 11.0. The van der Waals surface area contributed by atoms with Crippen LogP contribution in [0.15, 0.2) is 72.8 Å². The highest BCUT2D eigenvalue weighted by Gasteiger charge is 2.08.